The molecular formula is C27H40O2. The summed E-state index contributed by atoms with van der Waals surface area (Å²) >= 11 is 0. The highest BCUT2D eigenvalue weighted by Crippen LogP contribution is 2.19. The minimum atomic E-state index is 0.349. The summed E-state index contributed by atoms with van der Waals surface area (Å²) in [7, 11) is 0. The van der Waals surface area contributed by atoms with E-state index in [1.165, 1.54) is 64.2 Å². The Labute approximate surface area is 178 Å². The van der Waals surface area contributed by atoms with Gasteiger partial charge in [-0.3, -0.25) is 0 Å². The quantitative estimate of drug-likeness (QED) is 0.266. The molecule has 0 amide bonds. The van der Waals surface area contributed by atoms with Crippen LogP contribution in [0.5, 0.6) is 11.5 Å². The Morgan fingerprint density at radius 3 is 1.59 bits per heavy atom. The third-order valence-electron chi connectivity index (χ3n) is 5.15. The van der Waals surface area contributed by atoms with Gasteiger partial charge in [-0.25, -0.2) is 0 Å². The fourth-order valence-electron chi connectivity index (χ4n) is 3.36. The van der Waals surface area contributed by atoms with Gasteiger partial charge in [-0.1, -0.05) is 107 Å². The Morgan fingerprint density at radius 1 is 0.655 bits per heavy atom. The molecule has 0 saturated carbocycles. The van der Waals surface area contributed by atoms with E-state index in [2.05, 4.69) is 13.5 Å². The van der Waals surface area contributed by atoms with Crippen molar-refractivity contribution in [1.29, 1.82) is 0 Å². The summed E-state index contributed by atoms with van der Waals surface area (Å²) in [5.41, 5.74) is 2.03. The SMILES string of the molecule is C=CCc1ccccc1O.CCCCCCCCCCCCc1ccccc1O. The van der Waals surface area contributed by atoms with E-state index in [0.29, 0.717) is 11.5 Å². The van der Waals surface area contributed by atoms with Crippen LogP contribution in [0.15, 0.2) is 61.2 Å². The zero-order valence-corrected chi connectivity index (χ0v) is 18.3. The second-order valence-electron chi connectivity index (χ2n) is 7.68. The van der Waals surface area contributed by atoms with Crippen molar-refractivity contribution in [3.8, 4) is 11.5 Å². The Hall–Kier alpha value is -2.22. The smallest absolute Gasteiger partial charge is 0.119 e. The number of benzene rings is 2. The molecule has 2 N–H and O–H groups in total. The molecule has 2 aromatic carbocycles. The minimum Gasteiger partial charge on any atom is -0.508 e. The number of allylic oxidation sites excluding steroid dienone is 1. The molecule has 0 aliphatic rings. The number of hydrogen-bond acceptors (Lipinski definition) is 2. The maximum atomic E-state index is 9.65. The van der Waals surface area contributed by atoms with Crippen LogP contribution in [0, 0.1) is 0 Å². The molecular weight excluding hydrogens is 356 g/mol. The Bertz CT molecular complexity index is 663. The Morgan fingerprint density at radius 2 is 1.10 bits per heavy atom. The third kappa shape index (κ3) is 12.1. The van der Waals surface area contributed by atoms with Gasteiger partial charge in [0.15, 0.2) is 0 Å². The van der Waals surface area contributed by atoms with Crippen LogP contribution < -0.4 is 0 Å². The lowest BCUT2D eigenvalue weighted by Crippen LogP contribution is -1.87. The highest BCUT2D eigenvalue weighted by atomic mass is 16.3. The molecule has 160 valence electrons. The van der Waals surface area contributed by atoms with E-state index in [0.717, 1.165) is 24.0 Å². The van der Waals surface area contributed by atoms with Gasteiger partial charge in [0.05, 0.1) is 0 Å². The fraction of sp³-hybridized carbons (Fsp3) is 0.481. The zero-order chi connectivity index (χ0) is 21.2. The van der Waals surface area contributed by atoms with E-state index in [-0.39, 0.29) is 0 Å². The predicted octanol–water partition coefficient (Wildman–Crippen LogP) is 7.98. The second kappa shape index (κ2) is 16.7. The number of para-hydroxylation sites is 2. The largest absolute Gasteiger partial charge is 0.508 e. The molecule has 0 heterocycles. The van der Waals surface area contributed by atoms with Crippen molar-refractivity contribution in [2.75, 3.05) is 0 Å². The number of aromatic hydroxyl groups is 2. The number of unbranched alkanes of at least 4 members (excludes halogenated alkanes) is 9. The molecule has 0 spiro atoms. The zero-order valence-electron chi connectivity index (χ0n) is 18.3. The first-order valence-electron chi connectivity index (χ1n) is 11.3. The third-order valence-corrected chi connectivity index (χ3v) is 5.15. The highest BCUT2D eigenvalue weighted by Gasteiger charge is 1.99. The molecule has 2 rings (SSSR count). The number of rotatable bonds is 13. The molecule has 2 heteroatoms. The van der Waals surface area contributed by atoms with Gasteiger partial charge in [0.25, 0.3) is 0 Å². The van der Waals surface area contributed by atoms with Gasteiger partial charge < -0.3 is 10.2 Å². The van der Waals surface area contributed by atoms with Gasteiger partial charge in [-0.05, 0) is 42.5 Å². The minimum absolute atomic E-state index is 0.349. The van der Waals surface area contributed by atoms with Crippen molar-refractivity contribution in [3.63, 3.8) is 0 Å². The first kappa shape index (κ1) is 24.8. The van der Waals surface area contributed by atoms with E-state index in [1.54, 1.807) is 18.2 Å². The first-order valence-corrected chi connectivity index (χ1v) is 11.3. The van der Waals surface area contributed by atoms with Crippen LogP contribution >= 0.6 is 0 Å². The van der Waals surface area contributed by atoms with Crippen LogP contribution in [0.1, 0.15) is 82.3 Å². The molecule has 0 unspecified atom stereocenters. The molecule has 0 aliphatic heterocycles. The molecule has 0 aromatic heterocycles. The standard InChI is InChI=1S/C18H30O.C9H10O/c1-2-3-4-5-6-7-8-9-10-11-14-17-15-12-13-16-18(17)19;1-2-5-8-6-3-4-7-9(8)10/h12-13,15-16,19H,2-11,14H2,1H3;2-4,6-7,10H,1,5H2. The predicted molar refractivity (Wildman–Crippen MR) is 126 cm³/mol. The Balaban J connectivity index is 0.000000352. The van der Waals surface area contributed by atoms with Gasteiger partial charge in [0, 0.05) is 0 Å². The van der Waals surface area contributed by atoms with Crippen LogP contribution in [0.2, 0.25) is 0 Å². The summed E-state index contributed by atoms with van der Waals surface area (Å²) in [5, 5.41) is 18.8. The van der Waals surface area contributed by atoms with Crippen molar-refractivity contribution < 1.29 is 10.2 Å². The van der Waals surface area contributed by atoms with Crippen LogP contribution in [-0.2, 0) is 12.8 Å². The maximum absolute atomic E-state index is 9.65. The normalized spacial score (nSPS) is 10.2. The average molecular weight is 397 g/mol. The summed E-state index contributed by atoms with van der Waals surface area (Å²) in [6.07, 6.45) is 17.2. The summed E-state index contributed by atoms with van der Waals surface area (Å²) in [4.78, 5) is 0. The summed E-state index contributed by atoms with van der Waals surface area (Å²) in [6, 6.07) is 15.0. The highest BCUT2D eigenvalue weighted by molar-refractivity contribution is 5.33. The molecule has 0 atom stereocenters. The van der Waals surface area contributed by atoms with Crippen LogP contribution in [-0.4, -0.2) is 10.2 Å². The maximum Gasteiger partial charge on any atom is 0.119 e. The lowest BCUT2D eigenvalue weighted by atomic mass is 10.0. The molecule has 29 heavy (non-hydrogen) atoms. The van der Waals surface area contributed by atoms with Gasteiger partial charge in [0.1, 0.15) is 11.5 Å². The lowest BCUT2D eigenvalue weighted by Gasteiger charge is -2.04. The van der Waals surface area contributed by atoms with Crippen LogP contribution in [0.4, 0.5) is 0 Å². The van der Waals surface area contributed by atoms with Crippen molar-refractivity contribution in [3.05, 3.63) is 72.3 Å². The summed E-state index contributed by atoms with van der Waals surface area (Å²) in [6.45, 7) is 5.85. The number of phenols is 2. The monoisotopic (exact) mass is 396 g/mol. The summed E-state index contributed by atoms with van der Waals surface area (Å²) < 4.78 is 0. The molecule has 0 radical (unpaired) electrons. The molecule has 0 saturated heterocycles. The van der Waals surface area contributed by atoms with Gasteiger partial charge in [0.2, 0.25) is 0 Å². The van der Waals surface area contributed by atoms with E-state index in [1.807, 2.05) is 36.4 Å². The molecule has 0 aliphatic carbocycles. The first-order chi connectivity index (χ1) is 14.2. The lowest BCUT2D eigenvalue weighted by molar-refractivity contribution is 0.465. The van der Waals surface area contributed by atoms with Crippen LogP contribution in [0.3, 0.4) is 0 Å². The van der Waals surface area contributed by atoms with Gasteiger partial charge in [-0.15, -0.1) is 6.58 Å². The molecule has 0 fully saturated rings. The van der Waals surface area contributed by atoms with Crippen LogP contribution in [0.25, 0.3) is 0 Å². The van der Waals surface area contributed by atoms with E-state index in [9.17, 15) is 10.2 Å². The molecule has 2 aromatic rings. The van der Waals surface area contributed by atoms with E-state index < -0.39 is 0 Å². The van der Waals surface area contributed by atoms with E-state index in [4.69, 9.17) is 0 Å². The van der Waals surface area contributed by atoms with Crippen molar-refractivity contribution in [2.24, 2.45) is 0 Å². The number of hydrogen-bond donors (Lipinski definition) is 2. The number of phenolic OH excluding ortho intramolecular Hbond substituents is 2. The Kier molecular flexibility index (Phi) is 14.3. The molecule has 0 bridgehead atoms. The van der Waals surface area contributed by atoms with Gasteiger partial charge in [-0.2, -0.15) is 0 Å². The van der Waals surface area contributed by atoms with Crippen molar-refractivity contribution >= 4 is 0 Å². The summed E-state index contributed by atoms with van der Waals surface area (Å²) in [5.74, 6) is 0.806. The number of aryl methyl sites for hydroxylation is 1. The average Bonchev–Trinajstić information content (AvgIpc) is 2.73. The molecule has 2 nitrogen and oxygen atoms in total. The van der Waals surface area contributed by atoms with Gasteiger partial charge >= 0.3 is 0 Å². The van der Waals surface area contributed by atoms with Crippen molar-refractivity contribution in [2.45, 2.75) is 84.0 Å². The van der Waals surface area contributed by atoms with Crippen molar-refractivity contribution in [1.82, 2.24) is 0 Å². The topological polar surface area (TPSA) is 40.5 Å². The fourth-order valence-corrected chi connectivity index (χ4v) is 3.36. The second-order valence-corrected chi connectivity index (χ2v) is 7.68. The van der Waals surface area contributed by atoms with E-state index >= 15 is 0 Å².